The van der Waals surface area contributed by atoms with Gasteiger partial charge < -0.3 is 9.84 Å². The van der Waals surface area contributed by atoms with E-state index in [1.54, 1.807) is 12.2 Å². The summed E-state index contributed by atoms with van der Waals surface area (Å²) >= 11 is 0. The summed E-state index contributed by atoms with van der Waals surface area (Å²) < 4.78 is 5.51. The lowest BCUT2D eigenvalue weighted by molar-refractivity contribution is -0.137. The van der Waals surface area contributed by atoms with E-state index in [2.05, 4.69) is 6.92 Å². The van der Waals surface area contributed by atoms with Crippen LogP contribution in [0.4, 0.5) is 0 Å². The smallest absolute Gasteiger partial charge is 0.303 e. The Bertz CT molecular complexity index is 421. The summed E-state index contributed by atoms with van der Waals surface area (Å²) in [6, 6.07) is 0. The van der Waals surface area contributed by atoms with Crippen molar-refractivity contribution in [3.63, 3.8) is 0 Å². The fourth-order valence-corrected chi connectivity index (χ4v) is 2.19. The number of carboxylic acids is 1. The normalized spacial score (nSPS) is 13.2. The van der Waals surface area contributed by atoms with Crippen LogP contribution in [0.1, 0.15) is 65.2 Å². The number of rotatable bonds is 15. The van der Waals surface area contributed by atoms with Crippen molar-refractivity contribution in [1.29, 1.82) is 0 Å². The van der Waals surface area contributed by atoms with E-state index in [0.29, 0.717) is 13.0 Å². The Morgan fingerprint density at radius 3 is 2.17 bits per heavy atom. The van der Waals surface area contributed by atoms with Crippen LogP contribution < -0.4 is 0 Å². The van der Waals surface area contributed by atoms with Crippen LogP contribution in [0.5, 0.6) is 0 Å². The van der Waals surface area contributed by atoms with Crippen molar-refractivity contribution >= 4 is 11.8 Å². The molecule has 136 valence electrons. The molecule has 0 spiro atoms. The van der Waals surface area contributed by atoms with Crippen LogP contribution in [0.2, 0.25) is 0 Å². The number of ether oxygens (including phenoxy) is 1. The number of hydrogen-bond acceptors (Lipinski definition) is 3. The zero-order chi connectivity index (χ0) is 18.0. The van der Waals surface area contributed by atoms with Crippen molar-refractivity contribution in [3.05, 3.63) is 36.5 Å². The average molecular weight is 336 g/mol. The molecule has 0 aliphatic rings. The number of hydrogen-bond donors (Lipinski definition) is 1. The molecule has 0 fully saturated rings. The Kier molecular flexibility index (Phi) is 15.1. The van der Waals surface area contributed by atoms with Crippen molar-refractivity contribution in [2.24, 2.45) is 0 Å². The summed E-state index contributed by atoms with van der Waals surface area (Å²) in [5.74, 6) is -0.601. The minimum atomic E-state index is -0.735. The van der Waals surface area contributed by atoms with Gasteiger partial charge in [0.1, 0.15) is 0 Å². The summed E-state index contributed by atoms with van der Waals surface area (Å²) in [6.07, 6.45) is 17.5. The van der Waals surface area contributed by atoms with Crippen molar-refractivity contribution in [3.8, 4) is 0 Å². The van der Waals surface area contributed by atoms with Crippen LogP contribution in [0.15, 0.2) is 36.5 Å². The molecule has 0 aliphatic heterocycles. The maximum absolute atomic E-state index is 11.7. The summed E-state index contributed by atoms with van der Waals surface area (Å²) in [5, 5.41) is 8.52. The molecule has 0 heterocycles. The summed E-state index contributed by atoms with van der Waals surface area (Å²) in [4.78, 5) is 22.0. The van der Waals surface area contributed by atoms with Crippen LogP contribution >= 0.6 is 0 Å². The van der Waals surface area contributed by atoms with Gasteiger partial charge in [-0.05, 0) is 32.3 Å². The number of carbonyl (C=O) groups is 2. The standard InChI is InChI=1S/C20H32O4/c1-3-19(24-4-2)16-12-9-8-11-15-18(21)14-10-6-5-7-13-17-20(22)23/h8-9,11-12,15-16,19H,3-7,10,13-14,17H2,1-2H3,(H,22,23). The molecule has 1 N–H and O–H groups in total. The van der Waals surface area contributed by atoms with E-state index in [1.807, 2.05) is 31.2 Å². The number of ketones is 1. The highest BCUT2D eigenvalue weighted by atomic mass is 16.5. The predicted molar refractivity (Wildman–Crippen MR) is 98.1 cm³/mol. The Morgan fingerprint density at radius 2 is 1.54 bits per heavy atom. The number of carboxylic acid groups (broad SMARTS) is 1. The van der Waals surface area contributed by atoms with Crippen molar-refractivity contribution in [2.45, 2.75) is 71.3 Å². The predicted octanol–water partition coefficient (Wildman–Crippen LogP) is 4.85. The molecule has 0 aromatic heterocycles. The van der Waals surface area contributed by atoms with Gasteiger partial charge in [-0.15, -0.1) is 0 Å². The maximum atomic E-state index is 11.7. The number of aliphatic carboxylic acids is 1. The highest BCUT2D eigenvalue weighted by molar-refractivity contribution is 5.89. The topological polar surface area (TPSA) is 63.6 Å². The second kappa shape index (κ2) is 16.2. The molecule has 0 radical (unpaired) electrons. The quantitative estimate of drug-likeness (QED) is 0.264. The molecule has 0 aromatic carbocycles. The fourth-order valence-electron chi connectivity index (χ4n) is 2.19. The van der Waals surface area contributed by atoms with Gasteiger partial charge >= 0.3 is 5.97 Å². The second-order valence-electron chi connectivity index (χ2n) is 5.66. The molecule has 0 saturated carbocycles. The summed E-state index contributed by atoms with van der Waals surface area (Å²) in [6.45, 7) is 4.77. The number of carbonyl (C=O) groups excluding carboxylic acids is 1. The molecule has 4 heteroatoms. The maximum Gasteiger partial charge on any atom is 0.303 e. The first-order valence-corrected chi connectivity index (χ1v) is 8.97. The van der Waals surface area contributed by atoms with Gasteiger partial charge in [0, 0.05) is 19.4 Å². The van der Waals surface area contributed by atoms with E-state index in [4.69, 9.17) is 9.84 Å². The first-order chi connectivity index (χ1) is 11.6. The summed E-state index contributed by atoms with van der Waals surface area (Å²) in [7, 11) is 0. The molecular formula is C20H32O4. The SMILES string of the molecule is CCOC(C=CC=CC=CC(=O)CCCCCCCC(=O)O)CC. The van der Waals surface area contributed by atoms with E-state index in [1.165, 1.54) is 0 Å². The average Bonchev–Trinajstić information content (AvgIpc) is 2.55. The molecule has 0 rings (SSSR count). The third-order valence-corrected chi connectivity index (χ3v) is 3.54. The monoisotopic (exact) mass is 336 g/mol. The lowest BCUT2D eigenvalue weighted by Gasteiger charge is -2.08. The first-order valence-electron chi connectivity index (χ1n) is 8.97. The molecule has 0 aliphatic carbocycles. The Labute approximate surface area is 146 Å². The molecular weight excluding hydrogens is 304 g/mol. The van der Waals surface area contributed by atoms with Crippen molar-refractivity contribution in [2.75, 3.05) is 6.61 Å². The molecule has 1 unspecified atom stereocenters. The van der Waals surface area contributed by atoms with Crippen LogP contribution in [0.3, 0.4) is 0 Å². The van der Waals surface area contributed by atoms with Crippen LogP contribution in [-0.4, -0.2) is 29.6 Å². The van der Waals surface area contributed by atoms with Crippen LogP contribution in [0, 0.1) is 0 Å². The van der Waals surface area contributed by atoms with E-state index in [-0.39, 0.29) is 18.3 Å². The Hall–Kier alpha value is -1.68. The van der Waals surface area contributed by atoms with Gasteiger partial charge in [0.25, 0.3) is 0 Å². The van der Waals surface area contributed by atoms with Gasteiger partial charge in [-0.25, -0.2) is 0 Å². The van der Waals surface area contributed by atoms with Crippen molar-refractivity contribution < 1.29 is 19.4 Å². The molecule has 24 heavy (non-hydrogen) atoms. The van der Waals surface area contributed by atoms with Crippen LogP contribution in [0.25, 0.3) is 0 Å². The molecule has 0 aromatic rings. The molecule has 4 nitrogen and oxygen atoms in total. The van der Waals surface area contributed by atoms with Gasteiger partial charge in [0.2, 0.25) is 0 Å². The molecule has 0 bridgehead atoms. The fraction of sp³-hybridized carbons (Fsp3) is 0.600. The number of allylic oxidation sites excluding steroid dienone is 5. The van der Waals surface area contributed by atoms with Gasteiger partial charge in [-0.3, -0.25) is 9.59 Å². The lowest BCUT2D eigenvalue weighted by Crippen LogP contribution is -2.07. The van der Waals surface area contributed by atoms with Crippen LogP contribution in [-0.2, 0) is 14.3 Å². The zero-order valence-corrected chi connectivity index (χ0v) is 15.1. The van der Waals surface area contributed by atoms with E-state index in [0.717, 1.165) is 38.5 Å². The van der Waals surface area contributed by atoms with E-state index in [9.17, 15) is 9.59 Å². The largest absolute Gasteiger partial charge is 0.481 e. The Balaban J connectivity index is 3.72. The molecule has 0 saturated heterocycles. The number of unbranched alkanes of at least 4 members (excludes halogenated alkanes) is 4. The van der Waals surface area contributed by atoms with Gasteiger partial charge in [-0.1, -0.05) is 56.6 Å². The minimum Gasteiger partial charge on any atom is -0.481 e. The van der Waals surface area contributed by atoms with Gasteiger partial charge in [-0.2, -0.15) is 0 Å². The first kappa shape index (κ1) is 22.3. The summed E-state index contributed by atoms with van der Waals surface area (Å²) in [5.41, 5.74) is 0. The van der Waals surface area contributed by atoms with E-state index >= 15 is 0 Å². The Morgan fingerprint density at radius 1 is 0.917 bits per heavy atom. The van der Waals surface area contributed by atoms with Crippen molar-refractivity contribution in [1.82, 2.24) is 0 Å². The van der Waals surface area contributed by atoms with Gasteiger partial charge in [0.05, 0.1) is 6.10 Å². The third kappa shape index (κ3) is 15.2. The highest BCUT2D eigenvalue weighted by Gasteiger charge is 1.99. The zero-order valence-electron chi connectivity index (χ0n) is 15.1. The second-order valence-corrected chi connectivity index (χ2v) is 5.66. The molecule has 0 amide bonds. The van der Waals surface area contributed by atoms with Gasteiger partial charge in [0.15, 0.2) is 5.78 Å². The van der Waals surface area contributed by atoms with E-state index < -0.39 is 5.97 Å². The molecule has 1 atom stereocenters. The highest BCUT2D eigenvalue weighted by Crippen LogP contribution is 2.07. The minimum absolute atomic E-state index is 0.134. The third-order valence-electron chi connectivity index (χ3n) is 3.54. The lowest BCUT2D eigenvalue weighted by atomic mass is 10.1.